The summed E-state index contributed by atoms with van der Waals surface area (Å²) in [5.74, 6) is 0.0805. The summed E-state index contributed by atoms with van der Waals surface area (Å²) in [6.45, 7) is 1.74. The number of amides is 2. The van der Waals surface area contributed by atoms with Gasteiger partial charge in [-0.25, -0.2) is 0 Å². The van der Waals surface area contributed by atoms with Crippen LogP contribution in [-0.2, 0) is 17.9 Å². The third kappa shape index (κ3) is 5.41. The van der Waals surface area contributed by atoms with E-state index in [1.54, 1.807) is 7.05 Å². The maximum Gasteiger partial charge on any atom is 0.251 e. The highest BCUT2D eigenvalue weighted by Gasteiger charge is 2.32. The number of likely N-dealkylation sites (N-methyl/N-ethyl adjacent to an activating group) is 1. The fourth-order valence-corrected chi connectivity index (χ4v) is 3.18. The van der Waals surface area contributed by atoms with E-state index in [1.807, 2.05) is 59.3 Å². The van der Waals surface area contributed by atoms with Gasteiger partial charge in [0.1, 0.15) is 0 Å². The first-order valence-electron chi connectivity index (χ1n) is 9.40. The highest BCUT2D eigenvalue weighted by Crippen LogP contribution is 2.28. The molecule has 0 aliphatic heterocycles. The van der Waals surface area contributed by atoms with Crippen molar-refractivity contribution in [2.24, 2.45) is 0 Å². The maximum absolute atomic E-state index is 12.8. The standard InChI is InChI=1S/C22H27N3O2/c1-23-22(27)19-10-8-18(9-11-19)14-24(2)16-21(26)25(20-12-13-20)15-17-6-4-3-5-7-17/h3-11,20H,12-16H2,1-2H3,(H,23,27). The number of hydrogen-bond donors (Lipinski definition) is 1. The fraction of sp³-hybridized carbons (Fsp3) is 0.364. The van der Waals surface area contributed by atoms with Crippen LogP contribution in [0.15, 0.2) is 54.6 Å². The fourth-order valence-electron chi connectivity index (χ4n) is 3.18. The monoisotopic (exact) mass is 365 g/mol. The van der Waals surface area contributed by atoms with E-state index in [0.717, 1.165) is 18.4 Å². The molecule has 5 heteroatoms. The molecular weight excluding hydrogens is 338 g/mol. The summed E-state index contributed by atoms with van der Waals surface area (Å²) < 4.78 is 0. The number of nitrogens with zero attached hydrogens (tertiary/aromatic N) is 2. The van der Waals surface area contributed by atoms with Crippen molar-refractivity contribution in [2.45, 2.75) is 32.0 Å². The molecule has 0 atom stereocenters. The number of hydrogen-bond acceptors (Lipinski definition) is 3. The van der Waals surface area contributed by atoms with Gasteiger partial charge < -0.3 is 10.2 Å². The van der Waals surface area contributed by atoms with Gasteiger partial charge in [-0.05, 0) is 43.1 Å². The van der Waals surface area contributed by atoms with E-state index >= 15 is 0 Å². The molecule has 0 heterocycles. The van der Waals surface area contributed by atoms with Crippen molar-refractivity contribution >= 4 is 11.8 Å². The molecule has 0 spiro atoms. The number of benzene rings is 2. The van der Waals surface area contributed by atoms with Crippen LogP contribution in [0.2, 0.25) is 0 Å². The molecule has 5 nitrogen and oxygen atoms in total. The van der Waals surface area contributed by atoms with Gasteiger partial charge in [0.05, 0.1) is 6.54 Å². The summed E-state index contributed by atoms with van der Waals surface area (Å²) >= 11 is 0. The number of carbonyl (C=O) groups excluding carboxylic acids is 2. The minimum Gasteiger partial charge on any atom is -0.355 e. The van der Waals surface area contributed by atoms with Crippen molar-refractivity contribution < 1.29 is 9.59 Å². The van der Waals surface area contributed by atoms with E-state index in [-0.39, 0.29) is 11.8 Å². The van der Waals surface area contributed by atoms with Gasteiger partial charge in [0.15, 0.2) is 0 Å². The van der Waals surface area contributed by atoms with Gasteiger partial charge in [-0.3, -0.25) is 14.5 Å². The SMILES string of the molecule is CNC(=O)c1ccc(CN(C)CC(=O)N(Cc2ccccc2)C2CC2)cc1. The first-order valence-corrected chi connectivity index (χ1v) is 9.40. The first-order chi connectivity index (χ1) is 13.1. The summed E-state index contributed by atoms with van der Waals surface area (Å²) in [6, 6.07) is 18.1. The summed E-state index contributed by atoms with van der Waals surface area (Å²) in [5.41, 5.74) is 2.90. The Morgan fingerprint density at radius 3 is 2.19 bits per heavy atom. The topological polar surface area (TPSA) is 52.7 Å². The van der Waals surface area contributed by atoms with Crippen molar-refractivity contribution in [1.29, 1.82) is 0 Å². The predicted octanol–water partition coefficient (Wildman–Crippen LogP) is 2.67. The molecule has 0 radical (unpaired) electrons. The van der Waals surface area contributed by atoms with Crippen LogP contribution in [-0.4, -0.2) is 48.3 Å². The highest BCUT2D eigenvalue weighted by atomic mass is 16.2. The van der Waals surface area contributed by atoms with E-state index < -0.39 is 0 Å². The van der Waals surface area contributed by atoms with Gasteiger partial charge in [-0.2, -0.15) is 0 Å². The third-order valence-electron chi connectivity index (χ3n) is 4.80. The molecule has 0 unspecified atom stereocenters. The van der Waals surface area contributed by atoms with Gasteiger partial charge in [0.2, 0.25) is 5.91 Å². The van der Waals surface area contributed by atoms with Crippen LogP contribution < -0.4 is 5.32 Å². The van der Waals surface area contributed by atoms with Gasteiger partial charge in [-0.1, -0.05) is 42.5 Å². The molecule has 142 valence electrons. The van der Waals surface area contributed by atoms with Crippen molar-refractivity contribution in [3.05, 3.63) is 71.3 Å². The molecule has 0 saturated heterocycles. The Bertz CT molecular complexity index is 770. The normalized spacial score (nSPS) is 13.4. The zero-order chi connectivity index (χ0) is 19.2. The Labute approximate surface area is 161 Å². The lowest BCUT2D eigenvalue weighted by atomic mass is 10.1. The van der Waals surface area contributed by atoms with Crippen LogP contribution >= 0.6 is 0 Å². The maximum atomic E-state index is 12.8. The smallest absolute Gasteiger partial charge is 0.251 e. The van der Waals surface area contributed by atoms with Crippen molar-refractivity contribution in [2.75, 3.05) is 20.6 Å². The molecule has 2 aromatic rings. The van der Waals surface area contributed by atoms with Crippen LogP contribution in [0.25, 0.3) is 0 Å². The molecule has 1 aliphatic rings. The molecule has 27 heavy (non-hydrogen) atoms. The number of nitrogens with one attached hydrogen (secondary N) is 1. The van der Waals surface area contributed by atoms with Crippen LogP contribution in [0, 0.1) is 0 Å². The Balaban J connectivity index is 1.56. The number of rotatable bonds is 8. The first kappa shape index (κ1) is 19.1. The molecule has 1 aliphatic carbocycles. The van der Waals surface area contributed by atoms with Gasteiger partial charge in [-0.15, -0.1) is 0 Å². The molecule has 2 aromatic carbocycles. The molecule has 3 rings (SSSR count). The summed E-state index contributed by atoms with van der Waals surface area (Å²) in [5, 5.41) is 2.62. The van der Waals surface area contributed by atoms with E-state index in [2.05, 4.69) is 17.4 Å². The van der Waals surface area contributed by atoms with Crippen LogP contribution in [0.3, 0.4) is 0 Å². The van der Waals surface area contributed by atoms with E-state index in [1.165, 1.54) is 5.56 Å². The Morgan fingerprint density at radius 1 is 0.963 bits per heavy atom. The minimum absolute atomic E-state index is 0.0916. The lowest BCUT2D eigenvalue weighted by Crippen LogP contribution is -2.39. The van der Waals surface area contributed by atoms with Crippen molar-refractivity contribution in [3.8, 4) is 0 Å². The van der Waals surface area contributed by atoms with Crippen molar-refractivity contribution in [3.63, 3.8) is 0 Å². The Kier molecular flexibility index (Phi) is 6.24. The Morgan fingerprint density at radius 2 is 1.59 bits per heavy atom. The number of carbonyl (C=O) groups is 2. The second-order valence-electron chi connectivity index (χ2n) is 7.19. The van der Waals surface area contributed by atoms with E-state index in [4.69, 9.17) is 0 Å². The zero-order valence-electron chi connectivity index (χ0n) is 16.0. The molecule has 1 N–H and O–H groups in total. The predicted molar refractivity (Wildman–Crippen MR) is 106 cm³/mol. The summed E-state index contributed by atoms with van der Waals surface area (Å²) in [6.07, 6.45) is 2.20. The molecule has 1 saturated carbocycles. The second-order valence-corrected chi connectivity index (χ2v) is 7.19. The van der Waals surface area contributed by atoms with Gasteiger partial charge >= 0.3 is 0 Å². The molecule has 0 aromatic heterocycles. The van der Waals surface area contributed by atoms with Gasteiger partial charge in [0, 0.05) is 31.7 Å². The lowest BCUT2D eigenvalue weighted by molar-refractivity contribution is -0.133. The largest absolute Gasteiger partial charge is 0.355 e. The molecule has 1 fully saturated rings. The van der Waals surface area contributed by atoms with Crippen LogP contribution in [0.1, 0.15) is 34.3 Å². The zero-order valence-corrected chi connectivity index (χ0v) is 16.0. The second kappa shape index (κ2) is 8.82. The van der Waals surface area contributed by atoms with E-state index in [0.29, 0.717) is 31.2 Å². The van der Waals surface area contributed by atoms with Gasteiger partial charge in [0.25, 0.3) is 5.91 Å². The van der Waals surface area contributed by atoms with E-state index in [9.17, 15) is 9.59 Å². The summed E-state index contributed by atoms with van der Waals surface area (Å²) in [7, 11) is 3.58. The summed E-state index contributed by atoms with van der Waals surface area (Å²) in [4.78, 5) is 28.5. The molecule has 2 amide bonds. The van der Waals surface area contributed by atoms with Crippen LogP contribution in [0.4, 0.5) is 0 Å². The van der Waals surface area contributed by atoms with Crippen molar-refractivity contribution in [1.82, 2.24) is 15.1 Å². The lowest BCUT2D eigenvalue weighted by Gasteiger charge is -2.25. The highest BCUT2D eigenvalue weighted by molar-refractivity contribution is 5.93. The Hall–Kier alpha value is -2.66. The third-order valence-corrected chi connectivity index (χ3v) is 4.80. The van der Waals surface area contributed by atoms with Crippen LogP contribution in [0.5, 0.6) is 0 Å². The molecule has 0 bridgehead atoms. The average Bonchev–Trinajstić information content (AvgIpc) is 3.51. The quantitative estimate of drug-likeness (QED) is 0.782. The molecular formula is C22H27N3O2. The average molecular weight is 365 g/mol. The minimum atomic E-state index is -0.0916.